The number of likely N-dealkylation sites (N-methyl/N-ethyl adjacent to an activating group) is 1. The Hall–Kier alpha value is -0.770. The van der Waals surface area contributed by atoms with Gasteiger partial charge in [0.1, 0.15) is 5.60 Å². The third kappa shape index (κ3) is 8.87. The van der Waals surface area contributed by atoms with E-state index in [1.54, 1.807) is 0 Å². The van der Waals surface area contributed by atoms with Gasteiger partial charge >= 0.3 is 6.09 Å². The maximum absolute atomic E-state index is 11.5. The quantitative estimate of drug-likeness (QED) is 0.793. The number of likely N-dealkylation sites (tertiary alicyclic amines) is 1. The van der Waals surface area contributed by atoms with Crippen LogP contribution in [-0.4, -0.2) is 42.3 Å². The molecule has 4 heteroatoms. The van der Waals surface area contributed by atoms with Gasteiger partial charge in [-0.15, -0.1) is 0 Å². The van der Waals surface area contributed by atoms with Crippen LogP contribution in [0.1, 0.15) is 61.8 Å². The summed E-state index contributed by atoms with van der Waals surface area (Å²) in [5.41, 5.74) is -0.419. The molecule has 0 bridgehead atoms. The number of ether oxygens (including phenoxy) is 1. The van der Waals surface area contributed by atoms with Crippen LogP contribution in [0.25, 0.3) is 0 Å². The zero-order valence-electron chi connectivity index (χ0n) is 14.3. The summed E-state index contributed by atoms with van der Waals surface area (Å²) in [6, 6.07) is 0.599. The Balaban J connectivity index is 0. The van der Waals surface area contributed by atoms with Crippen LogP contribution in [0.15, 0.2) is 0 Å². The van der Waals surface area contributed by atoms with E-state index < -0.39 is 5.60 Å². The van der Waals surface area contributed by atoms with Crippen LogP contribution in [-0.2, 0) is 4.74 Å². The molecular weight excluding hydrogens is 240 g/mol. The molecule has 116 valence electrons. The highest BCUT2D eigenvalue weighted by atomic mass is 16.6. The number of nitrogens with zero attached hydrogens (tertiary/aromatic N) is 1. The Morgan fingerprint density at radius 1 is 1.21 bits per heavy atom. The average molecular weight is 274 g/mol. The van der Waals surface area contributed by atoms with Crippen molar-refractivity contribution in [2.45, 2.75) is 79.5 Å². The monoisotopic (exact) mass is 274 g/mol. The van der Waals surface area contributed by atoms with Gasteiger partial charge in [0.2, 0.25) is 0 Å². The van der Waals surface area contributed by atoms with Crippen molar-refractivity contribution in [2.24, 2.45) is 0 Å². The molecule has 0 aromatic rings. The van der Waals surface area contributed by atoms with Crippen LogP contribution in [0, 0.1) is 0 Å². The maximum Gasteiger partial charge on any atom is 0.407 e. The SMILES string of the molecule is CC.CC.CC1[C@H](NC(=O)OC(C)(C)C)CCN1C. The second kappa shape index (κ2) is 10.1. The summed E-state index contributed by atoms with van der Waals surface area (Å²) >= 11 is 0. The lowest BCUT2D eigenvalue weighted by atomic mass is 10.1. The molecule has 1 aliphatic heterocycles. The summed E-state index contributed by atoms with van der Waals surface area (Å²) in [4.78, 5) is 13.8. The molecule has 0 aromatic carbocycles. The van der Waals surface area contributed by atoms with Crippen molar-refractivity contribution in [2.75, 3.05) is 13.6 Å². The predicted octanol–water partition coefficient (Wildman–Crippen LogP) is 3.66. The molecule has 1 saturated heterocycles. The minimum Gasteiger partial charge on any atom is -0.444 e. The van der Waals surface area contributed by atoms with Gasteiger partial charge in [-0.25, -0.2) is 4.79 Å². The lowest BCUT2D eigenvalue weighted by molar-refractivity contribution is 0.0496. The van der Waals surface area contributed by atoms with E-state index in [-0.39, 0.29) is 12.1 Å². The van der Waals surface area contributed by atoms with E-state index in [4.69, 9.17) is 4.74 Å². The van der Waals surface area contributed by atoms with E-state index >= 15 is 0 Å². The van der Waals surface area contributed by atoms with Crippen LogP contribution in [0.5, 0.6) is 0 Å². The van der Waals surface area contributed by atoms with E-state index in [1.807, 2.05) is 48.5 Å². The van der Waals surface area contributed by atoms with Crippen molar-refractivity contribution in [3.05, 3.63) is 0 Å². The average Bonchev–Trinajstić information content (AvgIpc) is 2.64. The number of amides is 1. The third-order valence-electron chi connectivity index (χ3n) is 2.77. The molecule has 2 atom stereocenters. The fourth-order valence-corrected chi connectivity index (χ4v) is 1.75. The first-order chi connectivity index (χ1) is 8.79. The van der Waals surface area contributed by atoms with E-state index in [1.165, 1.54) is 0 Å². The zero-order chi connectivity index (χ0) is 15.6. The number of carbonyl (C=O) groups excluding carboxylic acids is 1. The number of rotatable bonds is 1. The van der Waals surface area contributed by atoms with Crippen molar-refractivity contribution >= 4 is 6.09 Å². The Labute approximate surface area is 119 Å². The first-order valence-corrected chi connectivity index (χ1v) is 7.49. The molecule has 0 radical (unpaired) electrons. The molecule has 0 aliphatic carbocycles. The minimum absolute atomic E-state index is 0.213. The molecule has 1 unspecified atom stereocenters. The smallest absolute Gasteiger partial charge is 0.407 e. The highest BCUT2D eigenvalue weighted by Gasteiger charge is 2.30. The van der Waals surface area contributed by atoms with Gasteiger partial charge < -0.3 is 15.0 Å². The molecule has 1 N–H and O–H groups in total. The standard InChI is InChI=1S/C11H22N2O2.2C2H6/c1-8-9(6-7-13(8)5)12-10(14)15-11(2,3)4;2*1-2/h8-9H,6-7H2,1-5H3,(H,12,14);2*1-2H3/t8?,9-;;/m1../s1. The fourth-order valence-electron chi connectivity index (χ4n) is 1.75. The Morgan fingerprint density at radius 3 is 2.00 bits per heavy atom. The topological polar surface area (TPSA) is 41.6 Å². The molecular formula is C15H34N2O2. The molecule has 0 spiro atoms. The summed E-state index contributed by atoms with van der Waals surface area (Å²) < 4.78 is 5.21. The summed E-state index contributed by atoms with van der Waals surface area (Å²) in [5.74, 6) is 0. The summed E-state index contributed by atoms with van der Waals surface area (Å²) in [6.45, 7) is 16.8. The summed E-state index contributed by atoms with van der Waals surface area (Å²) in [6.07, 6.45) is 0.686. The van der Waals surface area contributed by atoms with Gasteiger partial charge in [-0.05, 0) is 41.2 Å². The second-order valence-corrected chi connectivity index (χ2v) is 5.26. The first kappa shape index (κ1) is 20.5. The van der Waals surface area contributed by atoms with Crippen molar-refractivity contribution in [1.29, 1.82) is 0 Å². The number of alkyl carbamates (subject to hydrolysis) is 1. The number of nitrogens with one attached hydrogen (secondary N) is 1. The normalized spacial score (nSPS) is 22.6. The van der Waals surface area contributed by atoms with Gasteiger partial charge in [-0.1, -0.05) is 27.7 Å². The van der Waals surface area contributed by atoms with Crippen molar-refractivity contribution in [3.63, 3.8) is 0 Å². The van der Waals surface area contributed by atoms with Crippen LogP contribution in [0.4, 0.5) is 4.79 Å². The van der Waals surface area contributed by atoms with Gasteiger partial charge in [0.05, 0.1) is 0 Å². The summed E-state index contributed by atoms with van der Waals surface area (Å²) in [5, 5.41) is 2.91. The molecule has 1 fully saturated rings. The van der Waals surface area contributed by atoms with Crippen LogP contribution >= 0.6 is 0 Å². The van der Waals surface area contributed by atoms with E-state index in [0.717, 1.165) is 13.0 Å². The number of hydrogen-bond acceptors (Lipinski definition) is 3. The van der Waals surface area contributed by atoms with Gasteiger partial charge in [-0.3, -0.25) is 0 Å². The predicted molar refractivity (Wildman–Crippen MR) is 82.6 cm³/mol. The molecule has 1 rings (SSSR count). The van der Waals surface area contributed by atoms with E-state index in [2.05, 4.69) is 24.2 Å². The molecule has 0 saturated carbocycles. The van der Waals surface area contributed by atoms with E-state index in [0.29, 0.717) is 6.04 Å². The molecule has 1 amide bonds. The van der Waals surface area contributed by atoms with Gasteiger partial charge in [0, 0.05) is 18.6 Å². The molecule has 1 heterocycles. The molecule has 4 nitrogen and oxygen atoms in total. The van der Waals surface area contributed by atoms with Gasteiger partial charge in [0.25, 0.3) is 0 Å². The Kier molecular flexibility index (Phi) is 10.9. The highest BCUT2D eigenvalue weighted by Crippen LogP contribution is 2.16. The Morgan fingerprint density at radius 2 is 1.68 bits per heavy atom. The largest absolute Gasteiger partial charge is 0.444 e. The Bertz CT molecular complexity index is 237. The van der Waals surface area contributed by atoms with Crippen molar-refractivity contribution in [1.82, 2.24) is 10.2 Å². The lowest BCUT2D eigenvalue weighted by Crippen LogP contribution is -2.44. The van der Waals surface area contributed by atoms with Crippen LogP contribution < -0.4 is 5.32 Å². The highest BCUT2D eigenvalue weighted by molar-refractivity contribution is 5.68. The summed E-state index contributed by atoms with van der Waals surface area (Å²) in [7, 11) is 2.07. The number of hydrogen-bond donors (Lipinski definition) is 1. The zero-order valence-corrected chi connectivity index (χ0v) is 14.3. The maximum atomic E-state index is 11.5. The molecule has 19 heavy (non-hydrogen) atoms. The second-order valence-electron chi connectivity index (χ2n) is 5.26. The van der Waals surface area contributed by atoms with Crippen LogP contribution in [0.3, 0.4) is 0 Å². The van der Waals surface area contributed by atoms with Crippen molar-refractivity contribution < 1.29 is 9.53 Å². The van der Waals surface area contributed by atoms with Gasteiger partial charge in [-0.2, -0.15) is 0 Å². The lowest BCUT2D eigenvalue weighted by Gasteiger charge is -2.24. The van der Waals surface area contributed by atoms with Crippen LogP contribution in [0.2, 0.25) is 0 Å². The first-order valence-electron chi connectivity index (χ1n) is 7.49. The van der Waals surface area contributed by atoms with Crippen molar-refractivity contribution in [3.8, 4) is 0 Å². The minimum atomic E-state index is -0.419. The van der Waals surface area contributed by atoms with E-state index in [9.17, 15) is 4.79 Å². The third-order valence-corrected chi connectivity index (χ3v) is 2.77. The van der Waals surface area contributed by atoms with Gasteiger partial charge in [0.15, 0.2) is 0 Å². The number of carbonyl (C=O) groups is 1. The fraction of sp³-hybridized carbons (Fsp3) is 0.933. The molecule has 0 aromatic heterocycles. The molecule has 1 aliphatic rings.